The third-order valence-electron chi connectivity index (χ3n) is 12.1. The van der Waals surface area contributed by atoms with Gasteiger partial charge < -0.3 is 41.8 Å². The lowest BCUT2D eigenvalue weighted by atomic mass is 10.0. The normalized spacial score (nSPS) is 21.5. The molecule has 65 heavy (non-hydrogen) atoms. The van der Waals surface area contributed by atoms with Gasteiger partial charge in [0.05, 0.1) is 5.56 Å². The Morgan fingerprint density at radius 2 is 1.02 bits per heavy atom. The molecule has 0 aliphatic carbocycles. The zero-order chi connectivity index (χ0) is 46.1. The number of thioether (sulfide) groups is 1. The number of carbonyl (C=O) groups excluding carboxylic acids is 1. The molecule has 2 fully saturated rings. The molecule has 10 nitrogen and oxygen atoms in total. The minimum atomic E-state index is -3.12. The van der Waals surface area contributed by atoms with Crippen molar-refractivity contribution in [3.05, 3.63) is 156 Å². The summed E-state index contributed by atoms with van der Waals surface area (Å²) in [6.45, 7) is 17.7. The van der Waals surface area contributed by atoms with Gasteiger partial charge >= 0.3 is 23.1 Å². The van der Waals surface area contributed by atoms with Crippen molar-refractivity contribution >= 4 is 34.9 Å². The third kappa shape index (κ3) is 11.4. The first-order valence-corrected chi connectivity index (χ1v) is 27.6. The number of hydrogen-bond donors (Lipinski definition) is 1. The molecule has 346 valence electrons. The van der Waals surface area contributed by atoms with Gasteiger partial charge in [0.25, 0.3) is 0 Å². The summed E-state index contributed by atoms with van der Waals surface area (Å²) < 4.78 is 54.7. The van der Waals surface area contributed by atoms with Crippen molar-refractivity contribution in [3.63, 3.8) is 0 Å². The van der Waals surface area contributed by atoms with Gasteiger partial charge in [0.15, 0.2) is 11.5 Å². The van der Waals surface area contributed by atoms with E-state index >= 15 is 0 Å². The molecule has 2 saturated heterocycles. The summed E-state index contributed by atoms with van der Waals surface area (Å²) >= 11 is 1.41. The van der Waals surface area contributed by atoms with Crippen LogP contribution in [0.25, 0.3) is 0 Å². The van der Waals surface area contributed by atoms with E-state index < -0.39 is 52.9 Å². The first-order valence-electron chi connectivity index (χ1n) is 22.8. The Morgan fingerprint density at radius 3 is 1.46 bits per heavy atom. The molecule has 0 spiro atoms. The van der Waals surface area contributed by atoms with Crippen molar-refractivity contribution in [1.29, 1.82) is 0 Å². The van der Waals surface area contributed by atoms with E-state index in [1.165, 1.54) is 11.8 Å². The summed E-state index contributed by atoms with van der Waals surface area (Å²) in [5, 5.41) is 12.3. The Hall–Kier alpha value is -4.45. The Bertz CT molecular complexity index is 2190. The minimum absolute atomic E-state index is 0.0391. The molecule has 5 atom stereocenters. The Balaban J connectivity index is 1.25. The molecule has 0 unspecified atom stereocenters. The van der Waals surface area contributed by atoms with Gasteiger partial charge in [0.1, 0.15) is 56.3 Å². The fraction of sp³-hybridized carbons (Fsp3) is 0.404. The summed E-state index contributed by atoms with van der Waals surface area (Å²) in [6, 6.07) is 42.5. The Kier molecular flexibility index (Phi) is 16.3. The van der Waals surface area contributed by atoms with Crippen molar-refractivity contribution in [1.82, 2.24) is 0 Å². The van der Waals surface area contributed by atoms with E-state index in [1.54, 1.807) is 12.1 Å². The minimum Gasteiger partial charge on any atom is -0.485 e. The molecule has 0 radical (unpaired) electrons. The van der Waals surface area contributed by atoms with Gasteiger partial charge in [-0.15, -0.1) is 0 Å². The maximum Gasteiger partial charge on any atom is 0.338 e. The summed E-state index contributed by atoms with van der Waals surface area (Å²) in [5.41, 5.74) is 2.46. The van der Waals surface area contributed by atoms with Gasteiger partial charge in [-0.1, -0.05) is 176 Å². The number of benzene rings is 5. The van der Waals surface area contributed by atoms with Crippen LogP contribution in [0.3, 0.4) is 0 Å². The van der Waals surface area contributed by atoms with Crippen molar-refractivity contribution in [2.24, 2.45) is 0 Å². The van der Waals surface area contributed by atoms with Gasteiger partial charge in [0.2, 0.25) is 5.75 Å². The summed E-state index contributed by atoms with van der Waals surface area (Å²) in [6.07, 6.45) is -3.50. The average molecular weight is 937 g/mol. The molecule has 2 aliphatic rings. The van der Waals surface area contributed by atoms with E-state index in [0.29, 0.717) is 17.2 Å². The van der Waals surface area contributed by atoms with E-state index in [0.717, 1.165) is 21.6 Å². The van der Waals surface area contributed by atoms with Crippen LogP contribution in [0.1, 0.15) is 82.4 Å². The number of aliphatic hydroxyl groups excluding tert-OH is 1. The molecule has 5 aromatic rings. The largest absolute Gasteiger partial charge is 0.485 e. The van der Waals surface area contributed by atoms with Crippen LogP contribution in [0.5, 0.6) is 17.2 Å². The Morgan fingerprint density at radius 1 is 0.600 bits per heavy atom. The number of aliphatic hydroxyl groups is 1. The monoisotopic (exact) mass is 936 g/mol. The molecule has 5 aromatic carbocycles. The second-order valence-electron chi connectivity index (χ2n) is 18.0. The van der Waals surface area contributed by atoms with Gasteiger partial charge in [0, 0.05) is 4.90 Å². The SMILES string of the molecule is CC(C)[Si]1(C(C)C)O[C@@H]2[C@@H](O)[C@H](Sc3ccccc3)O[C@H](COC(=O)c3cc(OCc4ccccc4)c(OCc4ccccc4)c(OCc4ccccc4)c3)[C@H]2O[Si](C(C)C)(C(C)C)O1. The van der Waals surface area contributed by atoms with Gasteiger partial charge in [-0.25, -0.2) is 4.79 Å². The molecule has 0 saturated carbocycles. The molecule has 0 amide bonds. The zero-order valence-corrected chi connectivity index (χ0v) is 41.6. The number of fused-ring (bicyclic) bond motifs is 1. The number of ether oxygens (including phenoxy) is 5. The summed E-state index contributed by atoms with van der Waals surface area (Å²) in [5.74, 6) is 0.387. The Labute approximate surface area is 391 Å². The predicted octanol–water partition coefficient (Wildman–Crippen LogP) is 11.8. The van der Waals surface area contributed by atoms with Gasteiger partial charge in [-0.2, -0.15) is 0 Å². The number of esters is 1. The molecule has 13 heteroatoms. The van der Waals surface area contributed by atoms with E-state index in [2.05, 4.69) is 55.4 Å². The first-order chi connectivity index (χ1) is 31.3. The van der Waals surface area contributed by atoms with Gasteiger partial charge in [-0.3, -0.25) is 0 Å². The van der Waals surface area contributed by atoms with E-state index in [-0.39, 0.29) is 54.2 Å². The van der Waals surface area contributed by atoms with Crippen molar-refractivity contribution in [2.45, 2.75) is 132 Å². The average Bonchev–Trinajstić information content (AvgIpc) is 3.49. The lowest BCUT2D eigenvalue weighted by Crippen LogP contribution is -2.62. The zero-order valence-electron chi connectivity index (χ0n) is 38.8. The molecular formula is C52H64O10SSi2. The van der Waals surface area contributed by atoms with Crippen molar-refractivity contribution in [2.75, 3.05) is 6.61 Å². The maximum absolute atomic E-state index is 14.6. The third-order valence-corrected chi connectivity index (χ3v) is 23.6. The first kappa shape index (κ1) is 48.5. The van der Waals surface area contributed by atoms with Crippen LogP contribution in [0.2, 0.25) is 22.2 Å². The molecular weight excluding hydrogens is 873 g/mol. The van der Waals surface area contributed by atoms with Crippen molar-refractivity contribution in [3.8, 4) is 17.2 Å². The predicted molar refractivity (Wildman–Crippen MR) is 259 cm³/mol. The smallest absolute Gasteiger partial charge is 0.338 e. The topological polar surface area (TPSA) is 111 Å². The quantitative estimate of drug-likeness (QED) is 0.0669. The van der Waals surface area contributed by atoms with E-state index in [1.807, 2.05) is 121 Å². The molecule has 1 N–H and O–H groups in total. The molecule has 7 rings (SSSR count). The van der Waals surface area contributed by atoms with Crippen LogP contribution in [0, 0.1) is 0 Å². The highest BCUT2D eigenvalue weighted by atomic mass is 32.2. The van der Waals surface area contributed by atoms with Crippen LogP contribution in [0.4, 0.5) is 0 Å². The van der Waals surface area contributed by atoms with Crippen LogP contribution in [0.15, 0.2) is 138 Å². The van der Waals surface area contributed by atoms with Gasteiger partial charge in [-0.05, 0) is 63.1 Å². The molecule has 2 heterocycles. The van der Waals surface area contributed by atoms with E-state index in [9.17, 15) is 9.90 Å². The number of rotatable bonds is 18. The maximum atomic E-state index is 14.6. The lowest BCUT2D eigenvalue weighted by molar-refractivity contribution is -0.194. The second kappa shape index (κ2) is 21.9. The number of hydrogen-bond acceptors (Lipinski definition) is 11. The van der Waals surface area contributed by atoms with Crippen LogP contribution >= 0.6 is 11.8 Å². The highest BCUT2D eigenvalue weighted by molar-refractivity contribution is 7.99. The van der Waals surface area contributed by atoms with E-state index in [4.69, 9.17) is 36.7 Å². The van der Waals surface area contributed by atoms with Crippen LogP contribution in [-0.2, 0) is 42.3 Å². The molecule has 2 aliphatic heterocycles. The van der Waals surface area contributed by atoms with Crippen LogP contribution in [-0.4, -0.2) is 64.7 Å². The highest BCUT2D eigenvalue weighted by Crippen LogP contribution is 2.51. The van der Waals surface area contributed by atoms with Crippen molar-refractivity contribution < 1.29 is 46.6 Å². The summed E-state index contributed by atoms with van der Waals surface area (Å²) in [4.78, 5) is 15.5. The summed E-state index contributed by atoms with van der Waals surface area (Å²) in [7, 11) is -6.22. The highest BCUT2D eigenvalue weighted by Gasteiger charge is 2.64. The number of carbonyl (C=O) groups is 1. The fourth-order valence-electron chi connectivity index (χ4n) is 8.60. The molecule has 0 bridgehead atoms. The van der Waals surface area contributed by atoms with Crippen LogP contribution < -0.4 is 14.2 Å². The fourth-order valence-corrected chi connectivity index (χ4v) is 21.0. The standard InChI is InChI=1S/C52H64O10SSi2/c1-35(2)64(36(3)4)60-49-46(59-52(63-43-27-19-12-20-28-43)47(53)50(49)61-65(62-64,37(5)6)38(7)8)34-58-51(54)42-29-44(55-31-39-21-13-9-14-22-39)48(57-33-41-25-17-11-18-26-41)45(30-42)56-32-40-23-15-10-16-24-40/h9-30,35-38,46-47,49-50,52-53H,31-34H2,1-8H3/t46-,47-,49-,50-,52+/m1/s1. The molecule has 0 aromatic heterocycles. The lowest BCUT2D eigenvalue weighted by Gasteiger charge is -2.46. The second-order valence-corrected chi connectivity index (χ2v) is 28.0.